The predicted molar refractivity (Wildman–Crippen MR) is 96.2 cm³/mol. The van der Waals surface area contributed by atoms with Crippen LogP contribution in [0, 0.1) is 6.57 Å². The first-order valence-corrected chi connectivity index (χ1v) is 7.69. The number of hydrogen-bond donors (Lipinski definition) is 1. The summed E-state index contributed by atoms with van der Waals surface area (Å²) < 4.78 is 0. The second-order valence-corrected chi connectivity index (χ2v) is 6.15. The van der Waals surface area contributed by atoms with Crippen LogP contribution in [0.5, 0.6) is 0 Å². The second-order valence-electron chi connectivity index (χ2n) is 5.01. The molecule has 0 aliphatic heterocycles. The highest BCUT2D eigenvalue weighted by Crippen LogP contribution is 2.22. The van der Waals surface area contributed by atoms with E-state index < -0.39 is 5.97 Å². The van der Waals surface area contributed by atoms with Gasteiger partial charge in [-0.15, -0.1) is 11.3 Å². The molecule has 0 bridgehead atoms. The second kappa shape index (κ2) is 7.43. The van der Waals surface area contributed by atoms with E-state index in [1.54, 1.807) is 0 Å². The molecular formula is C18H16N2O2S. The Morgan fingerprint density at radius 2 is 1.78 bits per heavy atom. The van der Waals surface area contributed by atoms with E-state index in [1.807, 2.05) is 55.4 Å². The van der Waals surface area contributed by atoms with Gasteiger partial charge in [-0.3, -0.25) is 4.79 Å². The molecule has 116 valence electrons. The molecule has 1 aromatic carbocycles. The third-order valence-electron chi connectivity index (χ3n) is 3.12. The average molecular weight is 324 g/mol. The van der Waals surface area contributed by atoms with Gasteiger partial charge >= 0.3 is 5.97 Å². The molecule has 0 atom stereocenters. The van der Waals surface area contributed by atoms with Crippen molar-refractivity contribution < 1.29 is 9.90 Å². The molecule has 0 aliphatic rings. The molecule has 0 saturated carbocycles. The van der Waals surface area contributed by atoms with E-state index >= 15 is 0 Å². The van der Waals surface area contributed by atoms with Crippen LogP contribution in [-0.2, 0) is 4.79 Å². The molecule has 23 heavy (non-hydrogen) atoms. The van der Waals surface area contributed by atoms with Gasteiger partial charge in [0.25, 0.3) is 5.70 Å². The summed E-state index contributed by atoms with van der Waals surface area (Å²) in [5, 5.41) is 8.86. The van der Waals surface area contributed by atoms with Gasteiger partial charge in [0.1, 0.15) is 0 Å². The number of aliphatic carboxylic acids is 1. The third kappa shape index (κ3) is 4.56. The lowest BCUT2D eigenvalue weighted by Gasteiger charge is -2.11. The van der Waals surface area contributed by atoms with Gasteiger partial charge in [-0.05, 0) is 42.0 Å². The van der Waals surface area contributed by atoms with Gasteiger partial charge in [-0.25, -0.2) is 4.85 Å². The summed E-state index contributed by atoms with van der Waals surface area (Å²) in [5.41, 5.74) is 1.96. The van der Waals surface area contributed by atoms with E-state index in [0.717, 1.165) is 21.0 Å². The Hall–Kier alpha value is -2.84. The zero-order valence-corrected chi connectivity index (χ0v) is 13.7. The standard InChI is InChI=1S/C18H16N2O2S/c1-19-17(18(21)22)12-16-11-10-15(23-16)9-6-13-4-7-14(8-5-13)20(2)3/h4-12H,2-3H3,(H,21,22). The van der Waals surface area contributed by atoms with Crippen LogP contribution in [0.25, 0.3) is 23.1 Å². The lowest BCUT2D eigenvalue weighted by molar-refractivity contribution is -0.132. The van der Waals surface area contributed by atoms with Crippen molar-refractivity contribution in [2.45, 2.75) is 0 Å². The van der Waals surface area contributed by atoms with Crippen LogP contribution >= 0.6 is 11.3 Å². The maximum atomic E-state index is 10.8. The summed E-state index contributed by atoms with van der Waals surface area (Å²) in [5.74, 6) is -1.20. The van der Waals surface area contributed by atoms with Crippen molar-refractivity contribution in [2.75, 3.05) is 19.0 Å². The normalized spacial score (nSPS) is 11.4. The smallest absolute Gasteiger partial charge is 0.333 e. The Labute approximate surface area is 139 Å². The van der Waals surface area contributed by atoms with Crippen molar-refractivity contribution in [1.82, 2.24) is 0 Å². The van der Waals surface area contributed by atoms with Crippen molar-refractivity contribution in [3.05, 3.63) is 68.8 Å². The number of anilines is 1. The van der Waals surface area contributed by atoms with Gasteiger partial charge in [0.15, 0.2) is 0 Å². The van der Waals surface area contributed by atoms with Gasteiger partial charge in [0.05, 0.1) is 6.57 Å². The Bertz CT molecular complexity index is 793. The largest absolute Gasteiger partial charge is 0.486 e. The van der Waals surface area contributed by atoms with E-state index in [2.05, 4.69) is 17.0 Å². The molecule has 1 aromatic heterocycles. The van der Waals surface area contributed by atoms with E-state index in [0.29, 0.717) is 0 Å². The lowest BCUT2D eigenvalue weighted by Crippen LogP contribution is -2.07. The number of carboxylic acid groups (broad SMARTS) is 1. The Balaban J connectivity index is 2.12. The molecule has 2 rings (SSSR count). The Kier molecular flexibility index (Phi) is 5.34. The van der Waals surface area contributed by atoms with Gasteiger partial charge in [-0.1, -0.05) is 18.2 Å². The highest BCUT2D eigenvalue weighted by atomic mass is 32.1. The average Bonchev–Trinajstić information content (AvgIpc) is 2.98. The zero-order valence-electron chi connectivity index (χ0n) is 12.9. The third-order valence-corrected chi connectivity index (χ3v) is 4.11. The molecule has 4 nitrogen and oxygen atoms in total. The topological polar surface area (TPSA) is 44.9 Å². The van der Waals surface area contributed by atoms with Crippen LogP contribution in [0.2, 0.25) is 0 Å². The molecule has 0 fully saturated rings. The van der Waals surface area contributed by atoms with E-state index in [1.165, 1.54) is 17.4 Å². The number of benzene rings is 1. The SMILES string of the molecule is [C-]#[N+]C(=Cc1ccc(C=Cc2ccc(N(C)C)cc2)s1)C(=O)O. The zero-order chi connectivity index (χ0) is 16.8. The number of thiophene rings is 1. The van der Waals surface area contributed by atoms with Crippen molar-refractivity contribution in [3.63, 3.8) is 0 Å². The maximum Gasteiger partial charge on any atom is 0.333 e. The fourth-order valence-electron chi connectivity index (χ4n) is 1.87. The van der Waals surface area contributed by atoms with Crippen LogP contribution in [0.1, 0.15) is 15.3 Å². The molecule has 0 aliphatic carbocycles. The minimum atomic E-state index is -1.20. The lowest BCUT2D eigenvalue weighted by atomic mass is 10.2. The van der Waals surface area contributed by atoms with Crippen molar-refractivity contribution >= 4 is 41.2 Å². The fourth-order valence-corrected chi connectivity index (χ4v) is 2.73. The maximum absolute atomic E-state index is 10.8. The van der Waals surface area contributed by atoms with Crippen LogP contribution in [0.15, 0.2) is 42.1 Å². The van der Waals surface area contributed by atoms with Crippen LogP contribution in [0.4, 0.5) is 5.69 Å². The van der Waals surface area contributed by atoms with Gasteiger partial charge in [0.2, 0.25) is 0 Å². The van der Waals surface area contributed by atoms with Crippen LogP contribution < -0.4 is 4.90 Å². The highest BCUT2D eigenvalue weighted by molar-refractivity contribution is 7.13. The van der Waals surface area contributed by atoms with Gasteiger partial charge < -0.3 is 10.0 Å². The van der Waals surface area contributed by atoms with Gasteiger partial charge in [0, 0.05) is 29.5 Å². The summed E-state index contributed by atoms with van der Waals surface area (Å²) in [6, 6.07) is 11.9. The molecular weight excluding hydrogens is 308 g/mol. The molecule has 1 N–H and O–H groups in total. The fraction of sp³-hybridized carbons (Fsp3) is 0.111. The van der Waals surface area contributed by atoms with Crippen molar-refractivity contribution in [1.29, 1.82) is 0 Å². The summed E-state index contributed by atoms with van der Waals surface area (Å²) >= 11 is 1.44. The number of rotatable bonds is 5. The molecule has 0 saturated heterocycles. The quantitative estimate of drug-likeness (QED) is 0.658. The molecule has 0 amide bonds. The van der Waals surface area contributed by atoms with E-state index in [-0.39, 0.29) is 5.70 Å². The molecule has 2 aromatic rings. The van der Waals surface area contributed by atoms with E-state index in [9.17, 15) is 4.79 Å². The minimum Gasteiger partial charge on any atom is -0.486 e. The molecule has 1 heterocycles. The first kappa shape index (κ1) is 16.5. The molecule has 0 unspecified atom stereocenters. The number of carbonyl (C=O) groups is 1. The number of hydrogen-bond acceptors (Lipinski definition) is 3. The number of carboxylic acids is 1. The highest BCUT2D eigenvalue weighted by Gasteiger charge is 2.07. The van der Waals surface area contributed by atoms with E-state index in [4.69, 9.17) is 11.7 Å². The first-order valence-electron chi connectivity index (χ1n) is 6.87. The van der Waals surface area contributed by atoms with Gasteiger partial charge in [-0.2, -0.15) is 0 Å². The molecule has 0 spiro atoms. The Morgan fingerprint density at radius 1 is 1.13 bits per heavy atom. The van der Waals surface area contributed by atoms with Crippen molar-refractivity contribution in [2.24, 2.45) is 0 Å². The summed E-state index contributed by atoms with van der Waals surface area (Å²) in [7, 11) is 4.00. The monoisotopic (exact) mass is 324 g/mol. The predicted octanol–water partition coefficient (Wildman–Crippen LogP) is 4.33. The minimum absolute atomic E-state index is 0.276. The first-order chi connectivity index (χ1) is 11.0. The summed E-state index contributed by atoms with van der Waals surface area (Å²) in [6.45, 7) is 6.85. The Morgan fingerprint density at radius 3 is 2.35 bits per heavy atom. The molecule has 0 radical (unpaired) electrons. The summed E-state index contributed by atoms with van der Waals surface area (Å²) in [6.07, 6.45) is 5.37. The molecule has 5 heteroatoms. The van der Waals surface area contributed by atoms with Crippen molar-refractivity contribution in [3.8, 4) is 0 Å². The van der Waals surface area contributed by atoms with Crippen LogP contribution in [-0.4, -0.2) is 25.2 Å². The number of nitrogens with zero attached hydrogens (tertiary/aromatic N) is 2. The summed E-state index contributed by atoms with van der Waals surface area (Å²) in [4.78, 5) is 17.6. The van der Waals surface area contributed by atoms with Crippen LogP contribution in [0.3, 0.4) is 0 Å².